The lowest BCUT2D eigenvalue weighted by atomic mass is 9.77. The molecule has 0 fully saturated rings. The van der Waals surface area contributed by atoms with Gasteiger partial charge in [-0.3, -0.25) is 4.79 Å². The second kappa shape index (κ2) is 4.08. The summed E-state index contributed by atoms with van der Waals surface area (Å²) in [5, 5.41) is 0. The molecule has 14 heavy (non-hydrogen) atoms. The number of benzene rings is 1. The van der Waals surface area contributed by atoms with Gasteiger partial charge in [0.15, 0.2) is 0 Å². The lowest BCUT2D eigenvalue weighted by Gasteiger charge is -2.17. The van der Waals surface area contributed by atoms with Gasteiger partial charge in [0.25, 0.3) is 0 Å². The molecule has 1 rings (SSSR count). The van der Waals surface area contributed by atoms with Crippen LogP contribution in [0.25, 0.3) is 0 Å². The Hall–Kier alpha value is -0.905. The number of carbonyl (C=O) groups is 1. The molecule has 0 radical (unpaired) electrons. The maximum absolute atomic E-state index is 12.4. The van der Waals surface area contributed by atoms with Gasteiger partial charge in [-0.1, -0.05) is 17.6 Å². The quantitative estimate of drug-likeness (QED) is 0.440. The molecular formula is C8H7BF3OS-. The van der Waals surface area contributed by atoms with Crippen molar-refractivity contribution in [2.75, 3.05) is 6.26 Å². The van der Waals surface area contributed by atoms with E-state index in [2.05, 4.69) is 0 Å². The Labute approximate surface area is 83.7 Å². The Morgan fingerprint density at radius 1 is 1.36 bits per heavy atom. The second-order valence-electron chi connectivity index (χ2n) is 2.69. The smallest absolute Gasteiger partial charge is 0.445 e. The van der Waals surface area contributed by atoms with E-state index < -0.39 is 12.4 Å². The lowest BCUT2D eigenvalue weighted by molar-refractivity contribution is 0.112. The standard InChI is InChI=1S/C8H7BF3OS/c1-14-7-2-3-8(9(10,11)12)6(4-7)5-13/h2-5H,1H3/q-1. The molecule has 1 aromatic rings. The van der Waals surface area contributed by atoms with Crippen LogP contribution in [0, 0.1) is 0 Å². The highest BCUT2D eigenvalue weighted by Gasteiger charge is 2.28. The molecule has 76 valence electrons. The van der Waals surface area contributed by atoms with E-state index in [9.17, 15) is 17.7 Å². The average Bonchev–Trinajstić information content (AvgIpc) is 2.15. The summed E-state index contributed by atoms with van der Waals surface area (Å²) in [4.78, 5) is 11.1. The molecule has 0 amide bonds. The van der Waals surface area contributed by atoms with E-state index in [-0.39, 0.29) is 11.8 Å². The first-order valence-corrected chi connectivity index (χ1v) is 5.04. The molecule has 1 aromatic carbocycles. The molecule has 0 saturated carbocycles. The highest BCUT2D eigenvalue weighted by Crippen LogP contribution is 2.18. The van der Waals surface area contributed by atoms with Gasteiger partial charge in [-0.15, -0.1) is 11.8 Å². The highest BCUT2D eigenvalue weighted by molar-refractivity contribution is 7.98. The van der Waals surface area contributed by atoms with Crippen LogP contribution in [0.3, 0.4) is 0 Å². The van der Waals surface area contributed by atoms with E-state index in [1.165, 1.54) is 23.9 Å². The van der Waals surface area contributed by atoms with Crippen LogP contribution >= 0.6 is 11.8 Å². The van der Waals surface area contributed by atoms with Crippen LogP contribution in [0.4, 0.5) is 12.9 Å². The number of halogens is 3. The highest BCUT2D eigenvalue weighted by atomic mass is 32.2. The van der Waals surface area contributed by atoms with E-state index in [1.807, 2.05) is 0 Å². The van der Waals surface area contributed by atoms with Crippen LogP contribution in [-0.2, 0) is 0 Å². The van der Waals surface area contributed by atoms with Crippen LogP contribution in [-0.4, -0.2) is 19.5 Å². The van der Waals surface area contributed by atoms with Gasteiger partial charge < -0.3 is 12.9 Å². The topological polar surface area (TPSA) is 17.1 Å². The van der Waals surface area contributed by atoms with E-state index in [1.54, 1.807) is 6.26 Å². The first-order valence-electron chi connectivity index (χ1n) is 3.82. The molecule has 0 bridgehead atoms. The molecule has 0 aliphatic heterocycles. The van der Waals surface area contributed by atoms with Crippen LogP contribution in [0.5, 0.6) is 0 Å². The molecule has 0 aromatic heterocycles. The second-order valence-corrected chi connectivity index (χ2v) is 3.57. The third kappa shape index (κ3) is 2.32. The lowest BCUT2D eigenvalue weighted by Crippen LogP contribution is -2.36. The Morgan fingerprint density at radius 3 is 2.43 bits per heavy atom. The summed E-state index contributed by atoms with van der Waals surface area (Å²) in [5.74, 6) is 0. The SMILES string of the molecule is CSc1ccc([B-](F)(F)F)c(C=O)c1. The fourth-order valence-electron chi connectivity index (χ4n) is 1.08. The van der Waals surface area contributed by atoms with E-state index in [4.69, 9.17) is 0 Å². The zero-order valence-electron chi connectivity index (χ0n) is 7.34. The summed E-state index contributed by atoms with van der Waals surface area (Å²) in [6.07, 6.45) is 1.98. The number of carbonyl (C=O) groups excluding carboxylic acids is 1. The van der Waals surface area contributed by atoms with Crippen molar-refractivity contribution in [3.8, 4) is 0 Å². The van der Waals surface area contributed by atoms with Gasteiger partial charge in [0.1, 0.15) is 6.29 Å². The maximum atomic E-state index is 12.4. The van der Waals surface area contributed by atoms with Gasteiger partial charge in [0.05, 0.1) is 0 Å². The van der Waals surface area contributed by atoms with Crippen LogP contribution in [0.2, 0.25) is 0 Å². The minimum absolute atomic E-state index is 0.240. The molecule has 0 spiro atoms. The molecule has 0 aliphatic carbocycles. The van der Waals surface area contributed by atoms with Gasteiger partial charge in [-0.2, -0.15) is 0 Å². The molecule has 1 nitrogen and oxygen atoms in total. The first-order chi connectivity index (χ1) is 6.49. The molecule has 0 N–H and O–H groups in total. The molecule has 0 heterocycles. The summed E-state index contributed by atoms with van der Waals surface area (Å²) in [6.45, 7) is -5.10. The fraction of sp³-hybridized carbons (Fsp3) is 0.125. The summed E-state index contributed by atoms with van der Waals surface area (Å²) < 4.78 is 37.1. The largest absolute Gasteiger partial charge is 0.510 e. The number of hydrogen-bond donors (Lipinski definition) is 0. The molecule has 0 unspecified atom stereocenters. The third-order valence-electron chi connectivity index (χ3n) is 1.77. The predicted octanol–water partition coefficient (Wildman–Crippen LogP) is 2.28. The van der Waals surface area contributed by atoms with Gasteiger partial charge in [0, 0.05) is 4.90 Å². The zero-order chi connectivity index (χ0) is 10.8. The number of rotatable bonds is 3. The molecule has 0 atom stereocenters. The fourth-order valence-corrected chi connectivity index (χ4v) is 1.53. The summed E-state index contributed by atoms with van der Waals surface area (Å²) >= 11 is 1.30. The van der Waals surface area contributed by atoms with Gasteiger partial charge >= 0.3 is 6.98 Å². The maximum Gasteiger partial charge on any atom is 0.510 e. The van der Waals surface area contributed by atoms with Crippen molar-refractivity contribution in [3.63, 3.8) is 0 Å². The van der Waals surface area contributed by atoms with Crippen molar-refractivity contribution in [2.45, 2.75) is 4.90 Å². The Kier molecular flexibility index (Phi) is 3.26. The van der Waals surface area contributed by atoms with Crippen molar-refractivity contribution in [2.24, 2.45) is 0 Å². The van der Waals surface area contributed by atoms with Crippen molar-refractivity contribution < 1.29 is 17.7 Å². The zero-order valence-corrected chi connectivity index (χ0v) is 8.15. The summed E-state index contributed by atoms with van der Waals surface area (Å²) in [7, 11) is 0. The van der Waals surface area contributed by atoms with E-state index >= 15 is 0 Å². The average molecular weight is 219 g/mol. The number of hydrogen-bond acceptors (Lipinski definition) is 2. The van der Waals surface area contributed by atoms with Crippen molar-refractivity contribution >= 4 is 30.5 Å². The predicted molar refractivity (Wildman–Crippen MR) is 52.3 cm³/mol. The monoisotopic (exact) mass is 219 g/mol. The minimum Gasteiger partial charge on any atom is -0.445 e. The molecule has 0 aliphatic rings. The van der Waals surface area contributed by atoms with Crippen LogP contribution in [0.1, 0.15) is 10.4 Å². The van der Waals surface area contributed by atoms with Crippen molar-refractivity contribution in [3.05, 3.63) is 23.8 Å². The van der Waals surface area contributed by atoms with Crippen LogP contribution < -0.4 is 5.46 Å². The number of aldehydes is 1. The van der Waals surface area contributed by atoms with E-state index in [0.717, 1.165) is 6.07 Å². The van der Waals surface area contributed by atoms with E-state index in [0.29, 0.717) is 4.90 Å². The third-order valence-corrected chi connectivity index (χ3v) is 2.50. The minimum atomic E-state index is -5.10. The molecular weight excluding hydrogens is 212 g/mol. The van der Waals surface area contributed by atoms with Gasteiger partial charge in [-0.25, -0.2) is 0 Å². The van der Waals surface area contributed by atoms with Crippen molar-refractivity contribution in [1.29, 1.82) is 0 Å². The summed E-state index contributed by atoms with van der Waals surface area (Å²) in [5.41, 5.74) is -1.11. The summed E-state index contributed by atoms with van der Waals surface area (Å²) in [6, 6.07) is 3.57. The Morgan fingerprint density at radius 2 is 2.00 bits per heavy atom. The number of thioether (sulfide) groups is 1. The Bertz CT molecular complexity index is 351. The van der Waals surface area contributed by atoms with Gasteiger partial charge in [-0.05, 0) is 17.9 Å². The normalized spacial score (nSPS) is 11.4. The van der Waals surface area contributed by atoms with Crippen LogP contribution in [0.15, 0.2) is 23.1 Å². The Balaban J connectivity index is 3.25. The molecule has 0 saturated heterocycles. The van der Waals surface area contributed by atoms with Gasteiger partial charge in [0.2, 0.25) is 0 Å². The first kappa shape index (κ1) is 11.2. The molecule has 6 heteroatoms. The van der Waals surface area contributed by atoms with Crippen molar-refractivity contribution in [1.82, 2.24) is 0 Å².